The predicted molar refractivity (Wildman–Crippen MR) is 112 cm³/mol. The van der Waals surface area contributed by atoms with Gasteiger partial charge in [-0.1, -0.05) is 49.6 Å². The number of H-pyrrole nitrogens is 1. The average Bonchev–Trinajstić information content (AvgIpc) is 3.25. The van der Waals surface area contributed by atoms with E-state index in [1.54, 1.807) is 12.4 Å². The van der Waals surface area contributed by atoms with Gasteiger partial charge in [-0.25, -0.2) is 9.78 Å². The van der Waals surface area contributed by atoms with Crippen molar-refractivity contribution in [1.29, 1.82) is 0 Å². The molecule has 3 rings (SSSR count). The fraction of sp³-hybridized carbons (Fsp3) is 0.500. The number of nitrogens with zero attached hydrogens (tertiary/aromatic N) is 1. The summed E-state index contributed by atoms with van der Waals surface area (Å²) in [6.07, 6.45) is 10.8. The number of nitrogens with one attached hydrogen (secondary N) is 4. The van der Waals surface area contributed by atoms with E-state index in [1.807, 2.05) is 30.3 Å². The number of carbonyl (C=O) groups excluding carboxylic acids is 2. The van der Waals surface area contributed by atoms with Gasteiger partial charge in [-0.2, -0.15) is 0 Å². The number of benzene rings is 1. The van der Waals surface area contributed by atoms with E-state index >= 15 is 0 Å². The first-order valence-electron chi connectivity index (χ1n) is 10.6. The standard InChI is InChI=1S/C22H31N5O2/c28-21(12-7-13-25-22(29)26-18-10-5-2-6-11-18)27-19(16-20-23-14-15-24-20)17-8-3-1-4-9-17/h1,3-4,8-9,14-15,18-19H,2,5-7,10-13,16H2,(H,23,24)(H,27,28)(H2,25,26,29). The Bertz CT molecular complexity index is 742. The van der Waals surface area contributed by atoms with Crippen molar-refractivity contribution in [2.75, 3.05) is 6.54 Å². The van der Waals surface area contributed by atoms with Crippen LogP contribution in [0.1, 0.15) is 62.4 Å². The third-order valence-corrected chi connectivity index (χ3v) is 5.30. The van der Waals surface area contributed by atoms with E-state index in [0.717, 1.165) is 24.2 Å². The van der Waals surface area contributed by atoms with Crippen molar-refractivity contribution >= 4 is 11.9 Å². The molecule has 0 spiro atoms. The van der Waals surface area contributed by atoms with Crippen LogP contribution < -0.4 is 16.0 Å². The zero-order valence-corrected chi connectivity index (χ0v) is 16.8. The van der Waals surface area contributed by atoms with Gasteiger partial charge >= 0.3 is 6.03 Å². The molecule has 1 fully saturated rings. The zero-order valence-electron chi connectivity index (χ0n) is 16.8. The molecule has 29 heavy (non-hydrogen) atoms. The highest BCUT2D eigenvalue weighted by Crippen LogP contribution is 2.18. The Balaban J connectivity index is 1.39. The van der Waals surface area contributed by atoms with E-state index < -0.39 is 0 Å². The van der Waals surface area contributed by atoms with Gasteiger partial charge in [0.15, 0.2) is 0 Å². The van der Waals surface area contributed by atoms with Crippen LogP contribution in [0, 0.1) is 0 Å². The van der Waals surface area contributed by atoms with Gasteiger partial charge in [0.2, 0.25) is 5.91 Å². The summed E-state index contributed by atoms with van der Waals surface area (Å²) in [5.74, 6) is 0.806. The van der Waals surface area contributed by atoms with Gasteiger partial charge in [-0.15, -0.1) is 0 Å². The van der Waals surface area contributed by atoms with Crippen molar-refractivity contribution in [3.8, 4) is 0 Å². The third kappa shape index (κ3) is 7.25. The summed E-state index contributed by atoms with van der Waals surface area (Å²) < 4.78 is 0. The summed E-state index contributed by atoms with van der Waals surface area (Å²) in [6.45, 7) is 0.486. The van der Waals surface area contributed by atoms with Crippen molar-refractivity contribution < 1.29 is 9.59 Å². The molecule has 1 aromatic carbocycles. The molecular formula is C22H31N5O2. The highest BCUT2D eigenvalue weighted by molar-refractivity contribution is 5.77. The molecule has 2 aromatic rings. The van der Waals surface area contributed by atoms with Crippen molar-refractivity contribution in [1.82, 2.24) is 25.9 Å². The van der Waals surface area contributed by atoms with Crippen LogP contribution in [0.2, 0.25) is 0 Å². The van der Waals surface area contributed by atoms with Gasteiger partial charge in [0.05, 0.1) is 6.04 Å². The average molecular weight is 398 g/mol. The Morgan fingerprint density at radius 2 is 1.93 bits per heavy atom. The van der Waals surface area contributed by atoms with Crippen LogP contribution in [0.25, 0.3) is 0 Å². The van der Waals surface area contributed by atoms with Crippen LogP contribution in [0.15, 0.2) is 42.7 Å². The molecule has 1 unspecified atom stereocenters. The Hall–Kier alpha value is -2.83. The number of imidazole rings is 1. The Labute approximate surface area is 172 Å². The number of urea groups is 1. The lowest BCUT2D eigenvalue weighted by Gasteiger charge is -2.22. The first-order chi connectivity index (χ1) is 14.2. The number of aromatic nitrogens is 2. The molecule has 3 amide bonds. The Morgan fingerprint density at radius 1 is 1.14 bits per heavy atom. The normalized spacial score (nSPS) is 15.4. The van der Waals surface area contributed by atoms with Gasteiger partial charge in [0, 0.05) is 37.8 Å². The summed E-state index contributed by atoms with van der Waals surface area (Å²) >= 11 is 0. The van der Waals surface area contributed by atoms with E-state index in [1.165, 1.54) is 19.3 Å². The smallest absolute Gasteiger partial charge is 0.315 e. The summed E-state index contributed by atoms with van der Waals surface area (Å²) in [5.41, 5.74) is 1.04. The number of rotatable bonds is 9. The Morgan fingerprint density at radius 3 is 2.66 bits per heavy atom. The lowest BCUT2D eigenvalue weighted by Crippen LogP contribution is -2.43. The lowest BCUT2D eigenvalue weighted by molar-refractivity contribution is -0.121. The quantitative estimate of drug-likeness (QED) is 0.489. The minimum absolute atomic E-state index is 0.0279. The van der Waals surface area contributed by atoms with E-state index in [4.69, 9.17) is 0 Å². The molecule has 1 aliphatic carbocycles. The highest BCUT2D eigenvalue weighted by atomic mass is 16.2. The fourth-order valence-corrected chi connectivity index (χ4v) is 3.74. The van der Waals surface area contributed by atoms with Gasteiger partial charge in [-0.05, 0) is 24.8 Å². The fourth-order valence-electron chi connectivity index (χ4n) is 3.74. The number of amides is 3. The van der Waals surface area contributed by atoms with Gasteiger partial charge in [-0.3, -0.25) is 4.79 Å². The molecule has 1 aromatic heterocycles. The van der Waals surface area contributed by atoms with Crippen molar-refractivity contribution in [2.24, 2.45) is 0 Å². The first kappa shape index (κ1) is 20.9. The van der Waals surface area contributed by atoms with E-state index in [0.29, 0.717) is 31.8 Å². The molecule has 0 saturated heterocycles. The van der Waals surface area contributed by atoms with Crippen LogP contribution >= 0.6 is 0 Å². The van der Waals surface area contributed by atoms with E-state index in [-0.39, 0.29) is 18.0 Å². The minimum Gasteiger partial charge on any atom is -0.349 e. The second-order valence-electron chi connectivity index (χ2n) is 7.61. The van der Waals surface area contributed by atoms with Crippen molar-refractivity contribution in [3.63, 3.8) is 0 Å². The predicted octanol–water partition coefficient (Wildman–Crippen LogP) is 3.22. The van der Waals surface area contributed by atoms with Crippen LogP contribution in [0.5, 0.6) is 0 Å². The maximum Gasteiger partial charge on any atom is 0.315 e. The maximum absolute atomic E-state index is 12.4. The lowest BCUT2D eigenvalue weighted by atomic mass is 9.96. The van der Waals surface area contributed by atoms with Gasteiger partial charge in [0.25, 0.3) is 0 Å². The van der Waals surface area contributed by atoms with Crippen LogP contribution in [-0.4, -0.2) is 34.5 Å². The van der Waals surface area contributed by atoms with E-state index in [9.17, 15) is 9.59 Å². The molecule has 156 valence electrons. The third-order valence-electron chi connectivity index (χ3n) is 5.30. The summed E-state index contributed by atoms with van der Waals surface area (Å²) in [4.78, 5) is 31.8. The minimum atomic E-state index is -0.141. The molecule has 1 saturated carbocycles. The van der Waals surface area contributed by atoms with Crippen LogP contribution in [0.3, 0.4) is 0 Å². The molecule has 1 heterocycles. The molecule has 1 atom stereocenters. The molecule has 7 nitrogen and oxygen atoms in total. The molecule has 0 aliphatic heterocycles. The SMILES string of the molecule is O=C(CCCNC(=O)NC1CCCCC1)NC(Cc1ncc[nH]1)c1ccccc1. The molecular weight excluding hydrogens is 366 g/mol. The molecule has 7 heteroatoms. The second-order valence-corrected chi connectivity index (χ2v) is 7.61. The number of hydrogen-bond donors (Lipinski definition) is 4. The monoisotopic (exact) mass is 397 g/mol. The second kappa shape index (κ2) is 11.2. The van der Waals surface area contributed by atoms with Gasteiger partial charge < -0.3 is 20.9 Å². The maximum atomic E-state index is 12.4. The summed E-state index contributed by atoms with van der Waals surface area (Å²) in [6, 6.07) is 9.92. The van der Waals surface area contributed by atoms with Crippen LogP contribution in [-0.2, 0) is 11.2 Å². The largest absolute Gasteiger partial charge is 0.349 e. The zero-order chi connectivity index (χ0) is 20.3. The molecule has 1 aliphatic rings. The van der Waals surface area contributed by atoms with Crippen molar-refractivity contribution in [2.45, 2.75) is 63.5 Å². The summed E-state index contributed by atoms with van der Waals surface area (Å²) in [5, 5.41) is 8.98. The van der Waals surface area contributed by atoms with Gasteiger partial charge in [0.1, 0.15) is 5.82 Å². The molecule has 4 N–H and O–H groups in total. The number of hydrogen-bond acceptors (Lipinski definition) is 3. The topological polar surface area (TPSA) is 98.9 Å². The number of carbonyl (C=O) groups is 2. The Kier molecular flexibility index (Phi) is 8.10. The molecule has 0 radical (unpaired) electrons. The van der Waals surface area contributed by atoms with E-state index in [2.05, 4.69) is 25.9 Å². The van der Waals surface area contributed by atoms with Crippen LogP contribution in [0.4, 0.5) is 4.79 Å². The number of aromatic amines is 1. The summed E-state index contributed by atoms with van der Waals surface area (Å²) in [7, 11) is 0. The highest BCUT2D eigenvalue weighted by Gasteiger charge is 2.17. The van der Waals surface area contributed by atoms with Crippen molar-refractivity contribution in [3.05, 3.63) is 54.1 Å². The molecule has 0 bridgehead atoms. The first-order valence-corrected chi connectivity index (χ1v) is 10.6.